The van der Waals surface area contributed by atoms with Crippen molar-refractivity contribution >= 4 is 17.3 Å². The van der Waals surface area contributed by atoms with E-state index in [4.69, 9.17) is 22.1 Å². The lowest BCUT2D eigenvalue weighted by molar-refractivity contribution is -0.386. The first-order valence-corrected chi connectivity index (χ1v) is 7.77. The van der Waals surface area contributed by atoms with Gasteiger partial charge in [0, 0.05) is 23.9 Å². The third kappa shape index (κ3) is 2.38. The van der Waals surface area contributed by atoms with Crippen LogP contribution in [0, 0.1) is 15.5 Å². The number of nitrogens with two attached hydrogens (primary N) is 1. The molecule has 2 saturated carbocycles. The van der Waals surface area contributed by atoms with E-state index in [-0.39, 0.29) is 34.0 Å². The maximum absolute atomic E-state index is 11.1. The van der Waals surface area contributed by atoms with Crippen LogP contribution >= 0.6 is 11.6 Å². The van der Waals surface area contributed by atoms with E-state index in [2.05, 4.69) is 0 Å². The predicted octanol–water partition coefficient (Wildman–Crippen LogP) is 3.68. The second-order valence-electron chi connectivity index (χ2n) is 6.09. The molecule has 0 bridgehead atoms. The first kappa shape index (κ1) is 14.6. The molecule has 0 aliphatic heterocycles. The van der Waals surface area contributed by atoms with E-state index in [0.29, 0.717) is 0 Å². The summed E-state index contributed by atoms with van der Waals surface area (Å²) in [6.45, 7) is 0. The van der Waals surface area contributed by atoms with Crippen LogP contribution in [0.3, 0.4) is 0 Å². The van der Waals surface area contributed by atoms with Gasteiger partial charge >= 0.3 is 5.69 Å². The van der Waals surface area contributed by atoms with E-state index in [9.17, 15) is 10.1 Å². The molecule has 1 spiro atoms. The molecule has 0 heterocycles. The molecule has 0 amide bonds. The maximum atomic E-state index is 11.1. The average molecular weight is 311 g/mol. The highest BCUT2D eigenvalue weighted by molar-refractivity contribution is 6.32. The molecular formula is C15H19ClN2O3. The Balaban J connectivity index is 1.86. The summed E-state index contributed by atoms with van der Waals surface area (Å²) >= 11 is 6.10. The molecule has 2 atom stereocenters. The van der Waals surface area contributed by atoms with E-state index in [1.807, 2.05) is 0 Å². The highest BCUT2D eigenvalue weighted by Crippen LogP contribution is 2.53. The largest absolute Gasteiger partial charge is 0.482 e. The number of hydrogen-bond donors (Lipinski definition) is 1. The molecule has 2 fully saturated rings. The van der Waals surface area contributed by atoms with Gasteiger partial charge in [0.2, 0.25) is 5.75 Å². The van der Waals surface area contributed by atoms with E-state index < -0.39 is 4.92 Å². The van der Waals surface area contributed by atoms with E-state index in [0.717, 1.165) is 32.1 Å². The monoisotopic (exact) mass is 310 g/mol. The fourth-order valence-electron chi connectivity index (χ4n) is 3.75. The van der Waals surface area contributed by atoms with Crippen LogP contribution in [0.1, 0.15) is 38.5 Å². The Morgan fingerprint density at radius 1 is 1.33 bits per heavy atom. The molecule has 0 saturated heterocycles. The van der Waals surface area contributed by atoms with Crippen molar-refractivity contribution in [2.45, 2.75) is 50.7 Å². The molecule has 114 valence electrons. The Hall–Kier alpha value is -1.33. The number of para-hydroxylation sites is 1. The van der Waals surface area contributed by atoms with Gasteiger partial charge in [0.05, 0.1) is 9.95 Å². The van der Waals surface area contributed by atoms with Crippen LogP contribution in [0.15, 0.2) is 18.2 Å². The van der Waals surface area contributed by atoms with Gasteiger partial charge in [-0.3, -0.25) is 10.1 Å². The number of nitrogens with zero attached hydrogens (tertiary/aromatic N) is 1. The van der Waals surface area contributed by atoms with Crippen molar-refractivity contribution in [1.82, 2.24) is 0 Å². The minimum Gasteiger partial charge on any atom is -0.482 e. The molecule has 5 nitrogen and oxygen atoms in total. The summed E-state index contributed by atoms with van der Waals surface area (Å²) in [4.78, 5) is 10.7. The first-order chi connectivity index (χ1) is 10.0. The second-order valence-corrected chi connectivity index (χ2v) is 6.49. The van der Waals surface area contributed by atoms with Crippen molar-refractivity contribution in [3.05, 3.63) is 33.3 Å². The smallest absolute Gasteiger partial charge is 0.312 e. The van der Waals surface area contributed by atoms with Crippen molar-refractivity contribution in [3.8, 4) is 5.75 Å². The zero-order valence-electron chi connectivity index (χ0n) is 11.8. The second kappa shape index (κ2) is 5.46. The fourth-order valence-corrected chi connectivity index (χ4v) is 3.96. The van der Waals surface area contributed by atoms with Gasteiger partial charge in [-0.05, 0) is 18.9 Å². The minimum absolute atomic E-state index is 0.0225. The van der Waals surface area contributed by atoms with Gasteiger partial charge < -0.3 is 10.5 Å². The van der Waals surface area contributed by atoms with Gasteiger partial charge in [-0.2, -0.15) is 0 Å². The molecule has 3 rings (SSSR count). The highest BCUT2D eigenvalue weighted by Gasteiger charge is 2.55. The van der Waals surface area contributed by atoms with Crippen LogP contribution in [0.2, 0.25) is 5.02 Å². The lowest BCUT2D eigenvalue weighted by Crippen LogP contribution is -2.64. The quantitative estimate of drug-likeness (QED) is 0.682. The van der Waals surface area contributed by atoms with Crippen LogP contribution in [-0.2, 0) is 0 Å². The molecule has 2 aliphatic carbocycles. The average Bonchev–Trinajstić information content (AvgIpc) is 2.49. The summed E-state index contributed by atoms with van der Waals surface area (Å²) in [5.41, 5.74) is 6.12. The Morgan fingerprint density at radius 2 is 2.05 bits per heavy atom. The van der Waals surface area contributed by atoms with Gasteiger partial charge in [-0.1, -0.05) is 36.9 Å². The summed E-state index contributed by atoms with van der Waals surface area (Å²) in [5, 5.41) is 11.4. The standard InChI is InChI=1S/C15H19ClN2O3/c16-10-5-4-6-11(18(19)20)14(10)21-13-9-12(17)15(13)7-2-1-3-8-15/h4-6,12-13H,1-3,7-9,17H2. The van der Waals surface area contributed by atoms with Crippen LogP contribution < -0.4 is 10.5 Å². The van der Waals surface area contributed by atoms with Crippen LogP contribution in [0.4, 0.5) is 5.69 Å². The predicted molar refractivity (Wildman–Crippen MR) is 80.6 cm³/mol. The van der Waals surface area contributed by atoms with Crippen molar-refractivity contribution < 1.29 is 9.66 Å². The molecule has 1 aromatic carbocycles. The molecular weight excluding hydrogens is 292 g/mol. The first-order valence-electron chi connectivity index (χ1n) is 7.40. The van der Waals surface area contributed by atoms with Gasteiger partial charge in [0.1, 0.15) is 6.10 Å². The summed E-state index contributed by atoms with van der Waals surface area (Å²) in [6, 6.07) is 4.74. The van der Waals surface area contributed by atoms with E-state index in [1.165, 1.54) is 12.5 Å². The Bertz CT molecular complexity index is 558. The molecule has 0 aromatic heterocycles. The number of halogens is 1. The van der Waals surface area contributed by atoms with Crippen LogP contribution in [0.5, 0.6) is 5.75 Å². The summed E-state index contributed by atoms with van der Waals surface area (Å²) in [6.07, 6.45) is 6.28. The van der Waals surface area contributed by atoms with E-state index in [1.54, 1.807) is 12.1 Å². The zero-order chi connectivity index (χ0) is 15.0. The van der Waals surface area contributed by atoms with Gasteiger partial charge in [0.15, 0.2) is 0 Å². The minimum atomic E-state index is -0.451. The Labute approximate surface area is 128 Å². The lowest BCUT2D eigenvalue weighted by atomic mass is 9.55. The Kier molecular flexibility index (Phi) is 3.80. The lowest BCUT2D eigenvalue weighted by Gasteiger charge is -2.55. The van der Waals surface area contributed by atoms with Crippen LogP contribution in [-0.4, -0.2) is 17.1 Å². The third-order valence-corrected chi connectivity index (χ3v) is 5.33. The third-order valence-electron chi connectivity index (χ3n) is 5.04. The molecule has 2 aliphatic rings. The maximum Gasteiger partial charge on any atom is 0.312 e. The fraction of sp³-hybridized carbons (Fsp3) is 0.600. The van der Waals surface area contributed by atoms with Crippen molar-refractivity contribution in [3.63, 3.8) is 0 Å². The van der Waals surface area contributed by atoms with Crippen molar-refractivity contribution in [2.24, 2.45) is 11.1 Å². The summed E-state index contributed by atoms with van der Waals surface area (Å²) in [5.74, 6) is 0.186. The Morgan fingerprint density at radius 3 is 2.67 bits per heavy atom. The molecule has 2 unspecified atom stereocenters. The van der Waals surface area contributed by atoms with Crippen molar-refractivity contribution in [2.75, 3.05) is 0 Å². The molecule has 0 radical (unpaired) electrons. The van der Waals surface area contributed by atoms with Gasteiger partial charge in [-0.15, -0.1) is 0 Å². The SMILES string of the molecule is NC1CC(Oc2c(Cl)cccc2[N+](=O)[O-])C12CCCCC2. The number of hydrogen-bond acceptors (Lipinski definition) is 4. The summed E-state index contributed by atoms with van der Waals surface area (Å²) < 4.78 is 5.98. The van der Waals surface area contributed by atoms with Gasteiger partial charge in [0.25, 0.3) is 0 Å². The highest BCUT2D eigenvalue weighted by atomic mass is 35.5. The van der Waals surface area contributed by atoms with Crippen molar-refractivity contribution in [1.29, 1.82) is 0 Å². The molecule has 6 heteroatoms. The van der Waals surface area contributed by atoms with Gasteiger partial charge in [-0.25, -0.2) is 0 Å². The van der Waals surface area contributed by atoms with Crippen LogP contribution in [0.25, 0.3) is 0 Å². The number of nitro groups is 1. The number of benzene rings is 1. The normalized spacial score (nSPS) is 27.1. The topological polar surface area (TPSA) is 78.4 Å². The summed E-state index contributed by atoms with van der Waals surface area (Å²) in [7, 11) is 0. The number of nitro benzene ring substituents is 1. The zero-order valence-corrected chi connectivity index (χ0v) is 12.5. The molecule has 2 N–H and O–H groups in total. The van der Waals surface area contributed by atoms with E-state index >= 15 is 0 Å². The molecule has 1 aromatic rings. The number of ether oxygens (including phenoxy) is 1. The molecule has 21 heavy (non-hydrogen) atoms. The number of rotatable bonds is 3.